The topological polar surface area (TPSA) is 39.4 Å². The van der Waals surface area contributed by atoms with Crippen LogP contribution in [0, 0.1) is 6.92 Å². The number of alkyl halides is 3. The first kappa shape index (κ1) is 19.0. The molecule has 132 valence electrons. The van der Waals surface area contributed by atoms with Crippen molar-refractivity contribution in [3.63, 3.8) is 0 Å². The van der Waals surface area contributed by atoms with E-state index >= 15 is 0 Å². The Morgan fingerprint density at radius 2 is 2.04 bits per heavy atom. The fraction of sp³-hybridized carbons (Fsp3) is 0.176. The van der Waals surface area contributed by atoms with Gasteiger partial charge in [0, 0.05) is 5.56 Å². The van der Waals surface area contributed by atoms with Crippen molar-refractivity contribution >= 4 is 28.3 Å². The summed E-state index contributed by atoms with van der Waals surface area (Å²) in [6.07, 6.45) is 0.311. The number of hydrogen-bond acceptors (Lipinski definition) is 3. The molecule has 25 heavy (non-hydrogen) atoms. The van der Waals surface area contributed by atoms with E-state index in [9.17, 15) is 13.2 Å². The minimum absolute atomic E-state index is 0.287. The van der Waals surface area contributed by atoms with E-state index in [1.165, 1.54) is 18.3 Å². The number of halogens is 4. The molecule has 4 nitrogen and oxygen atoms in total. The summed E-state index contributed by atoms with van der Waals surface area (Å²) in [5.74, 6) is -0.287. The summed E-state index contributed by atoms with van der Waals surface area (Å²) in [5.41, 5.74) is 2.34. The van der Waals surface area contributed by atoms with E-state index in [1.807, 2.05) is 6.92 Å². The van der Waals surface area contributed by atoms with Crippen LogP contribution in [0.4, 0.5) is 13.2 Å². The van der Waals surface area contributed by atoms with E-state index in [-0.39, 0.29) is 5.75 Å². The number of benzene rings is 1. The van der Waals surface area contributed by atoms with Gasteiger partial charge in [-0.2, -0.15) is 5.10 Å². The van der Waals surface area contributed by atoms with Crippen LogP contribution < -0.4 is 4.74 Å². The molecule has 0 saturated heterocycles. The molecular weight excluding hydrogens is 399 g/mol. The number of hydrogen-bond donors (Lipinski definition) is 0. The quantitative estimate of drug-likeness (QED) is 0.473. The number of aromatic nitrogens is 2. The van der Waals surface area contributed by atoms with Crippen molar-refractivity contribution in [2.45, 2.75) is 20.2 Å². The lowest BCUT2D eigenvalue weighted by molar-refractivity contribution is -0.274. The second-order valence-electron chi connectivity index (χ2n) is 5.08. The Kier molecular flexibility index (Phi) is 5.84. The van der Waals surface area contributed by atoms with Crippen molar-refractivity contribution < 1.29 is 17.9 Å². The molecule has 0 fully saturated rings. The highest BCUT2D eigenvalue weighted by Gasteiger charge is 2.31. The zero-order valence-corrected chi connectivity index (χ0v) is 15.1. The molecule has 0 atom stereocenters. The summed E-state index contributed by atoms with van der Waals surface area (Å²) in [6, 6.07) is 6.08. The number of ether oxygens (including phenoxy) is 1. The molecule has 8 heteroatoms. The first-order valence-electron chi connectivity index (χ1n) is 7.16. The summed E-state index contributed by atoms with van der Waals surface area (Å²) in [6.45, 7) is 6.95. The smallest absolute Gasteiger partial charge is 0.406 e. The SMILES string of the molecule is C=N/C=C(\C=C/C)n1nc(Br)cc1-c1cc(C)cc(OC(F)(F)F)c1. The second-order valence-corrected chi connectivity index (χ2v) is 5.90. The molecule has 0 aliphatic heterocycles. The molecular formula is C17H15BrF3N3O. The van der Waals surface area contributed by atoms with Crippen molar-refractivity contribution in [3.05, 3.63) is 52.8 Å². The monoisotopic (exact) mass is 413 g/mol. The number of rotatable bonds is 5. The van der Waals surface area contributed by atoms with Gasteiger partial charge in [0.05, 0.1) is 17.6 Å². The van der Waals surface area contributed by atoms with Crippen molar-refractivity contribution in [1.82, 2.24) is 9.78 Å². The molecule has 0 aliphatic carbocycles. The van der Waals surface area contributed by atoms with Crippen LogP contribution in [0.5, 0.6) is 5.75 Å². The highest BCUT2D eigenvalue weighted by atomic mass is 79.9. The standard InChI is InChI=1S/C17H15BrF3N3O/c1-4-5-13(10-22-3)24-15(9-16(18)23-24)12-6-11(2)7-14(8-12)25-17(19,20)21/h4-10H,3H2,1-2H3/b5-4-,13-10+. The zero-order chi connectivity index (χ0) is 18.6. The minimum atomic E-state index is -4.76. The van der Waals surface area contributed by atoms with Crippen LogP contribution in [0.3, 0.4) is 0 Å². The average Bonchev–Trinajstić information content (AvgIpc) is 2.86. The van der Waals surface area contributed by atoms with E-state index in [2.05, 4.69) is 37.5 Å². The highest BCUT2D eigenvalue weighted by molar-refractivity contribution is 9.10. The largest absolute Gasteiger partial charge is 0.573 e. The van der Waals surface area contributed by atoms with E-state index in [0.717, 1.165) is 0 Å². The molecule has 2 aromatic rings. The maximum absolute atomic E-state index is 12.5. The van der Waals surface area contributed by atoms with Crippen LogP contribution in [-0.2, 0) is 0 Å². The van der Waals surface area contributed by atoms with Gasteiger partial charge in [0.2, 0.25) is 0 Å². The van der Waals surface area contributed by atoms with Gasteiger partial charge in [-0.3, -0.25) is 4.99 Å². The van der Waals surface area contributed by atoms with E-state index in [4.69, 9.17) is 0 Å². The molecule has 0 N–H and O–H groups in total. The Morgan fingerprint density at radius 3 is 2.64 bits per heavy atom. The van der Waals surface area contributed by atoms with E-state index < -0.39 is 6.36 Å². The second kappa shape index (κ2) is 7.69. The van der Waals surface area contributed by atoms with Crippen LogP contribution >= 0.6 is 15.9 Å². The minimum Gasteiger partial charge on any atom is -0.406 e. The maximum atomic E-state index is 12.5. The third-order valence-corrected chi connectivity index (χ3v) is 3.45. The van der Waals surface area contributed by atoms with Crippen LogP contribution in [0.25, 0.3) is 17.0 Å². The molecule has 0 bridgehead atoms. The number of nitrogens with zero attached hydrogens (tertiary/aromatic N) is 3. The number of aliphatic imine (C=N–C) groups is 1. The van der Waals surface area contributed by atoms with Crippen molar-refractivity contribution in [1.29, 1.82) is 0 Å². The van der Waals surface area contributed by atoms with Crippen LogP contribution in [0.15, 0.2) is 52.2 Å². The molecule has 1 aromatic carbocycles. The van der Waals surface area contributed by atoms with Gasteiger partial charge in [0.1, 0.15) is 10.4 Å². The predicted molar refractivity (Wildman–Crippen MR) is 95.4 cm³/mol. The van der Waals surface area contributed by atoms with Crippen molar-refractivity contribution in [3.8, 4) is 17.0 Å². The van der Waals surface area contributed by atoms with Gasteiger partial charge in [-0.1, -0.05) is 6.08 Å². The Morgan fingerprint density at radius 1 is 1.32 bits per heavy atom. The van der Waals surface area contributed by atoms with Gasteiger partial charge < -0.3 is 4.74 Å². The number of aryl methyl sites for hydroxylation is 1. The van der Waals surface area contributed by atoms with Gasteiger partial charge in [0.25, 0.3) is 0 Å². The first-order valence-corrected chi connectivity index (χ1v) is 7.95. The normalized spacial score (nSPS) is 12.6. The van der Waals surface area contributed by atoms with Gasteiger partial charge >= 0.3 is 6.36 Å². The summed E-state index contributed by atoms with van der Waals surface area (Å²) in [7, 11) is 0. The van der Waals surface area contributed by atoms with Crippen LogP contribution in [-0.4, -0.2) is 22.9 Å². The predicted octanol–water partition coefficient (Wildman–Crippen LogP) is 5.59. The average molecular weight is 414 g/mol. The lowest BCUT2D eigenvalue weighted by Crippen LogP contribution is -2.17. The Hall–Kier alpha value is -2.35. The fourth-order valence-corrected chi connectivity index (χ4v) is 2.65. The van der Waals surface area contributed by atoms with Crippen molar-refractivity contribution in [2.75, 3.05) is 0 Å². The van der Waals surface area contributed by atoms with Gasteiger partial charge in [-0.15, -0.1) is 13.2 Å². The molecule has 0 saturated carbocycles. The lowest BCUT2D eigenvalue weighted by atomic mass is 10.1. The zero-order valence-electron chi connectivity index (χ0n) is 13.5. The molecule has 1 aromatic heterocycles. The lowest BCUT2D eigenvalue weighted by Gasteiger charge is -2.13. The Labute approximate surface area is 151 Å². The summed E-state index contributed by atoms with van der Waals surface area (Å²) >= 11 is 3.30. The molecule has 0 unspecified atom stereocenters. The third-order valence-electron chi connectivity index (χ3n) is 3.07. The Balaban J connectivity index is 2.59. The van der Waals surface area contributed by atoms with Gasteiger partial charge in [-0.25, -0.2) is 4.68 Å². The van der Waals surface area contributed by atoms with Crippen LogP contribution in [0.1, 0.15) is 12.5 Å². The summed E-state index contributed by atoms with van der Waals surface area (Å²) in [4.78, 5) is 3.75. The molecule has 2 rings (SSSR count). The Bertz CT molecular complexity index is 838. The summed E-state index contributed by atoms with van der Waals surface area (Å²) in [5, 5.41) is 4.32. The fourth-order valence-electron chi connectivity index (χ4n) is 2.28. The van der Waals surface area contributed by atoms with Crippen molar-refractivity contribution in [2.24, 2.45) is 4.99 Å². The number of allylic oxidation sites excluding steroid dienone is 3. The highest BCUT2D eigenvalue weighted by Crippen LogP contribution is 2.32. The first-order chi connectivity index (χ1) is 11.7. The van der Waals surface area contributed by atoms with E-state index in [0.29, 0.717) is 27.1 Å². The molecule has 0 spiro atoms. The van der Waals surface area contributed by atoms with Crippen LogP contribution in [0.2, 0.25) is 0 Å². The summed E-state index contributed by atoms with van der Waals surface area (Å²) < 4.78 is 43.7. The van der Waals surface area contributed by atoms with E-state index in [1.54, 1.807) is 35.9 Å². The molecule has 0 aliphatic rings. The third kappa shape index (κ3) is 5.06. The van der Waals surface area contributed by atoms with Gasteiger partial charge in [0.15, 0.2) is 0 Å². The maximum Gasteiger partial charge on any atom is 0.573 e. The molecule has 0 radical (unpaired) electrons. The molecule has 0 amide bonds. The van der Waals surface area contributed by atoms with Gasteiger partial charge in [-0.05, 0) is 72.4 Å². The molecule has 1 heterocycles.